The van der Waals surface area contributed by atoms with Crippen molar-refractivity contribution >= 4 is 16.7 Å². The normalized spacial score (nSPS) is 11.9. The number of carbonyl (C=O) groups excluding carboxylic acids is 1. The summed E-state index contributed by atoms with van der Waals surface area (Å²) >= 11 is 0. The molecular weight excluding hydrogens is 374 g/mol. The van der Waals surface area contributed by atoms with E-state index in [1.165, 1.54) is 0 Å². The van der Waals surface area contributed by atoms with Crippen molar-refractivity contribution < 1.29 is 9.53 Å². The molecule has 0 unspecified atom stereocenters. The van der Waals surface area contributed by atoms with Crippen LogP contribution >= 0.6 is 0 Å². The number of hydrogen-bond acceptors (Lipinski definition) is 3. The van der Waals surface area contributed by atoms with Crippen molar-refractivity contribution in [3.05, 3.63) is 90.5 Å². The average Bonchev–Trinajstić information content (AvgIpc) is 3.22. The second-order valence-corrected chi connectivity index (χ2v) is 7.25. The molecule has 5 heteroatoms. The lowest BCUT2D eigenvalue weighted by atomic mass is 10.1. The summed E-state index contributed by atoms with van der Waals surface area (Å²) in [5, 5.41) is 5.24. The Morgan fingerprint density at radius 2 is 1.83 bits per heavy atom. The third-order valence-corrected chi connectivity index (χ3v) is 5.17. The maximum absolute atomic E-state index is 12.7. The van der Waals surface area contributed by atoms with Gasteiger partial charge in [0, 0.05) is 24.6 Å². The molecule has 0 saturated carbocycles. The van der Waals surface area contributed by atoms with Gasteiger partial charge >= 0.3 is 0 Å². The summed E-state index contributed by atoms with van der Waals surface area (Å²) in [6, 6.07) is 22.1. The van der Waals surface area contributed by atoms with Gasteiger partial charge in [-0.3, -0.25) is 4.79 Å². The van der Waals surface area contributed by atoms with Crippen molar-refractivity contribution in [2.24, 2.45) is 0 Å². The number of amides is 1. The number of aryl methyl sites for hydroxylation is 1. The highest BCUT2D eigenvalue weighted by Gasteiger charge is 2.18. The van der Waals surface area contributed by atoms with Crippen LogP contribution in [0.2, 0.25) is 0 Å². The minimum Gasteiger partial charge on any atom is -0.481 e. The third kappa shape index (κ3) is 4.35. The fourth-order valence-electron chi connectivity index (χ4n) is 3.46. The van der Waals surface area contributed by atoms with Gasteiger partial charge < -0.3 is 14.6 Å². The molecule has 1 amide bonds. The molecule has 0 spiro atoms. The van der Waals surface area contributed by atoms with E-state index in [0.29, 0.717) is 18.7 Å². The van der Waals surface area contributed by atoms with E-state index in [0.717, 1.165) is 27.8 Å². The van der Waals surface area contributed by atoms with Gasteiger partial charge in [-0.1, -0.05) is 49.4 Å². The Labute approximate surface area is 176 Å². The summed E-state index contributed by atoms with van der Waals surface area (Å²) in [7, 11) is 0. The van der Waals surface area contributed by atoms with E-state index in [1.54, 1.807) is 6.20 Å². The van der Waals surface area contributed by atoms with E-state index < -0.39 is 6.10 Å². The first-order chi connectivity index (χ1) is 14.6. The van der Waals surface area contributed by atoms with Gasteiger partial charge in [-0.05, 0) is 53.9 Å². The molecule has 1 heterocycles. The summed E-state index contributed by atoms with van der Waals surface area (Å²) in [4.78, 5) is 16.9. The molecule has 0 fully saturated rings. The number of aromatic nitrogens is 2. The zero-order valence-corrected chi connectivity index (χ0v) is 17.2. The molecule has 0 saturated heterocycles. The van der Waals surface area contributed by atoms with Gasteiger partial charge in [0.25, 0.3) is 5.91 Å². The van der Waals surface area contributed by atoms with Crippen LogP contribution in [0.5, 0.6) is 5.75 Å². The van der Waals surface area contributed by atoms with Crippen LogP contribution in [0.1, 0.15) is 24.7 Å². The van der Waals surface area contributed by atoms with Crippen LogP contribution in [0.4, 0.5) is 0 Å². The number of rotatable bonds is 7. The highest BCUT2D eigenvalue weighted by molar-refractivity contribution is 5.84. The molecule has 3 aromatic carbocycles. The molecule has 1 N–H and O–H groups in total. The molecule has 0 aliphatic rings. The van der Waals surface area contributed by atoms with Crippen LogP contribution in [0.25, 0.3) is 16.5 Å². The van der Waals surface area contributed by atoms with Gasteiger partial charge in [0.15, 0.2) is 6.10 Å². The number of hydrogen-bond donors (Lipinski definition) is 1. The van der Waals surface area contributed by atoms with Gasteiger partial charge in [0.1, 0.15) is 11.6 Å². The molecule has 1 aromatic heterocycles. The van der Waals surface area contributed by atoms with Gasteiger partial charge in [-0.15, -0.1) is 0 Å². The van der Waals surface area contributed by atoms with Crippen molar-refractivity contribution in [1.82, 2.24) is 14.9 Å². The number of carbonyl (C=O) groups is 1. The predicted octanol–water partition coefficient (Wildman–Crippen LogP) is 4.81. The molecule has 152 valence electrons. The number of fused-ring (bicyclic) bond motifs is 1. The Balaban J connectivity index is 1.37. The fourth-order valence-corrected chi connectivity index (χ4v) is 3.46. The number of benzene rings is 3. The first-order valence-corrected chi connectivity index (χ1v) is 10.2. The number of ether oxygens (including phenoxy) is 1. The fraction of sp³-hybridized carbons (Fsp3) is 0.200. The Kier molecular flexibility index (Phi) is 5.80. The van der Waals surface area contributed by atoms with Crippen LogP contribution < -0.4 is 10.1 Å². The van der Waals surface area contributed by atoms with E-state index >= 15 is 0 Å². The lowest BCUT2D eigenvalue weighted by Gasteiger charge is -2.18. The number of nitrogens with zero attached hydrogens (tertiary/aromatic N) is 2. The van der Waals surface area contributed by atoms with Crippen molar-refractivity contribution in [2.45, 2.75) is 32.9 Å². The van der Waals surface area contributed by atoms with Crippen LogP contribution in [-0.2, 0) is 11.3 Å². The minimum atomic E-state index is -0.529. The lowest BCUT2D eigenvalue weighted by molar-refractivity contribution is -0.128. The van der Waals surface area contributed by atoms with E-state index in [4.69, 9.17) is 4.74 Å². The summed E-state index contributed by atoms with van der Waals surface area (Å²) in [5.74, 6) is 1.53. The maximum Gasteiger partial charge on any atom is 0.261 e. The van der Waals surface area contributed by atoms with Crippen molar-refractivity contribution in [2.75, 3.05) is 0 Å². The number of imidazole rings is 1. The second-order valence-electron chi connectivity index (χ2n) is 7.25. The van der Waals surface area contributed by atoms with E-state index in [-0.39, 0.29) is 5.91 Å². The van der Waals surface area contributed by atoms with E-state index in [1.807, 2.05) is 85.3 Å². The first kappa shape index (κ1) is 19.7. The lowest BCUT2D eigenvalue weighted by Crippen LogP contribution is -2.37. The highest BCUT2D eigenvalue weighted by Crippen LogP contribution is 2.22. The quantitative estimate of drug-likeness (QED) is 0.485. The highest BCUT2D eigenvalue weighted by atomic mass is 16.5. The van der Waals surface area contributed by atoms with E-state index in [2.05, 4.69) is 16.4 Å². The van der Waals surface area contributed by atoms with Gasteiger partial charge in [-0.25, -0.2) is 4.98 Å². The minimum absolute atomic E-state index is 0.111. The standard InChI is InChI=1S/C25H25N3O2/c1-3-24(30-23-13-10-20-6-4-5-7-21(20)16-23)25(29)27-17-19-8-11-22(12-9-19)28-15-14-26-18(28)2/h4-16,24H,3,17H2,1-2H3,(H,27,29)/t24-/m1/s1. The molecular formula is C25H25N3O2. The van der Waals surface area contributed by atoms with Gasteiger partial charge in [-0.2, -0.15) is 0 Å². The average molecular weight is 399 g/mol. The van der Waals surface area contributed by atoms with Gasteiger partial charge in [0.05, 0.1) is 0 Å². The molecule has 0 radical (unpaired) electrons. The largest absolute Gasteiger partial charge is 0.481 e. The SMILES string of the molecule is CC[C@@H](Oc1ccc2ccccc2c1)C(=O)NCc1ccc(-n2ccnc2C)cc1. The number of nitrogens with one attached hydrogen (secondary N) is 1. The van der Waals surface area contributed by atoms with Crippen molar-refractivity contribution in [3.63, 3.8) is 0 Å². The zero-order valence-electron chi connectivity index (χ0n) is 17.2. The topological polar surface area (TPSA) is 56.1 Å². The molecule has 0 bridgehead atoms. The zero-order chi connectivity index (χ0) is 20.9. The second kappa shape index (κ2) is 8.82. The van der Waals surface area contributed by atoms with E-state index in [9.17, 15) is 4.79 Å². The Morgan fingerprint density at radius 3 is 2.53 bits per heavy atom. The van der Waals surface area contributed by atoms with Crippen molar-refractivity contribution in [3.8, 4) is 11.4 Å². The van der Waals surface area contributed by atoms with Crippen LogP contribution in [0.3, 0.4) is 0 Å². The third-order valence-electron chi connectivity index (χ3n) is 5.17. The first-order valence-electron chi connectivity index (χ1n) is 10.2. The molecule has 1 atom stereocenters. The predicted molar refractivity (Wildman–Crippen MR) is 119 cm³/mol. The maximum atomic E-state index is 12.7. The van der Waals surface area contributed by atoms with Crippen LogP contribution in [0, 0.1) is 6.92 Å². The molecule has 4 aromatic rings. The molecule has 30 heavy (non-hydrogen) atoms. The smallest absolute Gasteiger partial charge is 0.261 e. The van der Waals surface area contributed by atoms with Gasteiger partial charge in [0.2, 0.25) is 0 Å². The Bertz CT molecular complexity index is 1150. The summed E-state index contributed by atoms with van der Waals surface area (Å²) < 4.78 is 8.00. The molecule has 0 aliphatic carbocycles. The van der Waals surface area contributed by atoms with Crippen LogP contribution in [0.15, 0.2) is 79.1 Å². The summed E-state index contributed by atoms with van der Waals surface area (Å²) in [6.45, 7) is 4.38. The molecule has 5 nitrogen and oxygen atoms in total. The monoisotopic (exact) mass is 399 g/mol. The molecule has 0 aliphatic heterocycles. The van der Waals surface area contributed by atoms with Crippen LogP contribution in [-0.4, -0.2) is 21.6 Å². The Hall–Kier alpha value is -3.60. The summed E-state index contributed by atoms with van der Waals surface area (Å²) in [5.41, 5.74) is 2.08. The summed E-state index contributed by atoms with van der Waals surface area (Å²) in [6.07, 6.45) is 3.78. The molecule has 4 rings (SSSR count). The van der Waals surface area contributed by atoms with Crippen molar-refractivity contribution in [1.29, 1.82) is 0 Å². The Morgan fingerprint density at radius 1 is 1.07 bits per heavy atom.